The van der Waals surface area contributed by atoms with Crippen LogP contribution < -0.4 is 16.4 Å². The van der Waals surface area contributed by atoms with Gasteiger partial charge >= 0.3 is 5.97 Å². The molecule has 0 radical (unpaired) electrons. The smallest absolute Gasteiger partial charge is 0.303 e. The highest BCUT2D eigenvalue weighted by Gasteiger charge is 2.15. The first-order valence-electron chi connectivity index (χ1n) is 4.99. The Morgan fingerprint density at radius 1 is 1.31 bits per heavy atom. The van der Waals surface area contributed by atoms with Crippen LogP contribution in [0.3, 0.4) is 0 Å². The molecule has 0 aromatic carbocycles. The number of hydrogen-bond donors (Lipinski definition) is 4. The predicted molar refractivity (Wildman–Crippen MR) is 56.5 cm³/mol. The second-order valence-electron chi connectivity index (χ2n) is 3.21. The van der Waals surface area contributed by atoms with Crippen molar-refractivity contribution in [1.29, 1.82) is 0 Å². The van der Waals surface area contributed by atoms with E-state index in [-0.39, 0.29) is 25.3 Å². The summed E-state index contributed by atoms with van der Waals surface area (Å²) in [5, 5.41) is 13.2. The zero-order valence-corrected chi connectivity index (χ0v) is 9.16. The Bertz CT molecular complexity index is 267. The molecule has 5 N–H and O–H groups in total. The van der Waals surface area contributed by atoms with Crippen LogP contribution in [0.25, 0.3) is 0 Å². The van der Waals surface area contributed by atoms with Crippen LogP contribution in [-0.4, -0.2) is 42.0 Å². The van der Waals surface area contributed by atoms with Crippen LogP contribution in [0.15, 0.2) is 0 Å². The lowest BCUT2D eigenvalue weighted by Gasteiger charge is -2.10. The largest absolute Gasteiger partial charge is 0.481 e. The summed E-state index contributed by atoms with van der Waals surface area (Å²) in [4.78, 5) is 32.5. The maximum absolute atomic E-state index is 11.3. The van der Waals surface area contributed by atoms with Gasteiger partial charge in [-0.05, 0) is 13.3 Å². The van der Waals surface area contributed by atoms with Gasteiger partial charge in [-0.2, -0.15) is 0 Å². The monoisotopic (exact) mass is 231 g/mol. The summed E-state index contributed by atoms with van der Waals surface area (Å²) in [5.41, 5.74) is 5.42. The molecule has 92 valence electrons. The minimum atomic E-state index is -1.01. The van der Waals surface area contributed by atoms with Crippen molar-refractivity contribution in [2.45, 2.75) is 25.8 Å². The standard InChI is InChI=1S/C9H17N3O4/c1-2-11-7(13)5-12-9(16)6(10)3-4-8(14)15/h6H,2-5,10H2,1H3,(H,11,13)(H,12,16)(H,14,15). The van der Waals surface area contributed by atoms with Crippen LogP contribution in [0.1, 0.15) is 19.8 Å². The first-order chi connectivity index (χ1) is 7.47. The molecule has 7 heteroatoms. The molecule has 0 aliphatic heterocycles. The predicted octanol–water partition coefficient (Wildman–Crippen LogP) is -1.57. The quantitative estimate of drug-likeness (QED) is 0.422. The van der Waals surface area contributed by atoms with Gasteiger partial charge in [0.15, 0.2) is 0 Å². The maximum atomic E-state index is 11.3. The Morgan fingerprint density at radius 2 is 1.94 bits per heavy atom. The lowest BCUT2D eigenvalue weighted by Crippen LogP contribution is -2.45. The van der Waals surface area contributed by atoms with Gasteiger partial charge in [-0.25, -0.2) is 0 Å². The van der Waals surface area contributed by atoms with E-state index in [0.717, 1.165) is 0 Å². The van der Waals surface area contributed by atoms with E-state index < -0.39 is 17.9 Å². The molecule has 1 unspecified atom stereocenters. The SMILES string of the molecule is CCNC(=O)CNC(=O)C(N)CCC(=O)O. The third kappa shape index (κ3) is 6.77. The fourth-order valence-electron chi connectivity index (χ4n) is 0.968. The van der Waals surface area contributed by atoms with Crippen molar-refractivity contribution in [3.05, 3.63) is 0 Å². The van der Waals surface area contributed by atoms with Crippen molar-refractivity contribution in [1.82, 2.24) is 10.6 Å². The van der Waals surface area contributed by atoms with Crippen molar-refractivity contribution in [3.63, 3.8) is 0 Å². The molecule has 1 atom stereocenters. The number of carbonyl (C=O) groups is 3. The van der Waals surface area contributed by atoms with E-state index in [2.05, 4.69) is 10.6 Å². The summed E-state index contributed by atoms with van der Waals surface area (Å²) in [5.74, 6) is -1.83. The second kappa shape index (κ2) is 7.63. The molecule has 2 amide bonds. The summed E-state index contributed by atoms with van der Waals surface area (Å²) in [6.45, 7) is 2.10. The average Bonchev–Trinajstić information content (AvgIpc) is 2.22. The van der Waals surface area contributed by atoms with Crippen molar-refractivity contribution in [3.8, 4) is 0 Å². The molecule has 0 rings (SSSR count). The van der Waals surface area contributed by atoms with Gasteiger partial charge in [-0.3, -0.25) is 14.4 Å². The molecule has 0 aliphatic rings. The van der Waals surface area contributed by atoms with Crippen LogP contribution >= 0.6 is 0 Å². The van der Waals surface area contributed by atoms with E-state index in [1.54, 1.807) is 6.92 Å². The summed E-state index contributed by atoms with van der Waals surface area (Å²) in [7, 11) is 0. The molecule has 0 bridgehead atoms. The fraction of sp³-hybridized carbons (Fsp3) is 0.667. The number of amides is 2. The first-order valence-corrected chi connectivity index (χ1v) is 4.99. The van der Waals surface area contributed by atoms with Crippen LogP contribution in [0, 0.1) is 0 Å². The van der Waals surface area contributed by atoms with Crippen molar-refractivity contribution in [2.24, 2.45) is 5.73 Å². The van der Waals surface area contributed by atoms with Gasteiger partial charge in [0.1, 0.15) is 0 Å². The molecular formula is C9H17N3O4. The Hall–Kier alpha value is -1.63. The minimum Gasteiger partial charge on any atom is -0.481 e. The topological polar surface area (TPSA) is 122 Å². The molecule has 0 heterocycles. The summed E-state index contributed by atoms with van der Waals surface area (Å²) in [6.07, 6.45) is -0.119. The van der Waals surface area contributed by atoms with Crippen LogP contribution in [0.2, 0.25) is 0 Å². The van der Waals surface area contributed by atoms with Gasteiger partial charge in [-0.15, -0.1) is 0 Å². The summed E-state index contributed by atoms with van der Waals surface area (Å²) < 4.78 is 0. The van der Waals surface area contributed by atoms with Crippen LogP contribution in [-0.2, 0) is 14.4 Å². The molecule has 0 aliphatic carbocycles. The Labute approximate surface area is 93.4 Å². The van der Waals surface area contributed by atoms with Crippen molar-refractivity contribution in [2.75, 3.05) is 13.1 Å². The van der Waals surface area contributed by atoms with Gasteiger partial charge in [0.05, 0.1) is 12.6 Å². The number of likely N-dealkylation sites (N-methyl/N-ethyl adjacent to an activating group) is 1. The molecule has 16 heavy (non-hydrogen) atoms. The second-order valence-corrected chi connectivity index (χ2v) is 3.21. The Morgan fingerprint density at radius 3 is 2.44 bits per heavy atom. The normalized spacial score (nSPS) is 11.6. The lowest BCUT2D eigenvalue weighted by atomic mass is 10.1. The zero-order valence-electron chi connectivity index (χ0n) is 9.16. The highest BCUT2D eigenvalue weighted by atomic mass is 16.4. The third-order valence-corrected chi connectivity index (χ3v) is 1.80. The fourth-order valence-corrected chi connectivity index (χ4v) is 0.968. The molecule has 0 aromatic heterocycles. The summed E-state index contributed by atoms with van der Waals surface area (Å²) >= 11 is 0. The van der Waals surface area contributed by atoms with E-state index in [4.69, 9.17) is 10.8 Å². The van der Waals surface area contributed by atoms with Gasteiger partial charge in [0, 0.05) is 13.0 Å². The van der Waals surface area contributed by atoms with E-state index >= 15 is 0 Å². The molecule has 0 saturated carbocycles. The highest BCUT2D eigenvalue weighted by Crippen LogP contribution is 1.94. The maximum Gasteiger partial charge on any atom is 0.303 e. The number of aliphatic carboxylic acids is 1. The summed E-state index contributed by atoms with van der Waals surface area (Å²) in [6, 6.07) is -0.898. The third-order valence-electron chi connectivity index (χ3n) is 1.80. The number of nitrogens with two attached hydrogens (primary N) is 1. The molecular weight excluding hydrogens is 214 g/mol. The molecule has 0 spiro atoms. The van der Waals surface area contributed by atoms with Gasteiger partial charge in [0.2, 0.25) is 11.8 Å². The van der Waals surface area contributed by atoms with E-state index in [0.29, 0.717) is 6.54 Å². The molecule has 0 aromatic rings. The molecule has 0 fully saturated rings. The first kappa shape index (κ1) is 14.4. The Kier molecular flexibility index (Phi) is 6.86. The number of hydrogen-bond acceptors (Lipinski definition) is 4. The average molecular weight is 231 g/mol. The number of carboxylic acid groups (broad SMARTS) is 1. The van der Waals surface area contributed by atoms with Gasteiger partial charge in [-0.1, -0.05) is 0 Å². The number of rotatable bonds is 7. The molecule has 7 nitrogen and oxygen atoms in total. The van der Waals surface area contributed by atoms with Crippen molar-refractivity contribution < 1.29 is 19.5 Å². The molecule has 0 saturated heterocycles. The van der Waals surface area contributed by atoms with E-state index in [1.165, 1.54) is 0 Å². The van der Waals surface area contributed by atoms with E-state index in [9.17, 15) is 14.4 Å². The zero-order chi connectivity index (χ0) is 12.6. The number of nitrogens with one attached hydrogen (secondary N) is 2. The van der Waals surface area contributed by atoms with Crippen LogP contribution in [0.5, 0.6) is 0 Å². The minimum absolute atomic E-state index is 0.0521. The number of carbonyl (C=O) groups excluding carboxylic acids is 2. The number of carboxylic acids is 1. The van der Waals surface area contributed by atoms with Crippen molar-refractivity contribution >= 4 is 17.8 Å². The van der Waals surface area contributed by atoms with Crippen LogP contribution in [0.4, 0.5) is 0 Å². The Balaban J connectivity index is 3.78. The van der Waals surface area contributed by atoms with Gasteiger partial charge < -0.3 is 21.5 Å². The van der Waals surface area contributed by atoms with E-state index in [1.807, 2.05) is 0 Å². The van der Waals surface area contributed by atoms with Gasteiger partial charge in [0.25, 0.3) is 0 Å². The highest BCUT2D eigenvalue weighted by molar-refractivity contribution is 5.87. The lowest BCUT2D eigenvalue weighted by molar-refractivity contribution is -0.137.